The quantitative estimate of drug-likeness (QED) is 0.500. The van der Waals surface area contributed by atoms with E-state index < -0.39 is 34.8 Å². The van der Waals surface area contributed by atoms with Crippen LogP contribution in [-0.2, 0) is 21.1 Å². The highest BCUT2D eigenvalue weighted by Gasteiger charge is 2.56. The van der Waals surface area contributed by atoms with Gasteiger partial charge in [0.05, 0.1) is 11.3 Å². The lowest BCUT2D eigenvalue weighted by atomic mass is 9.63. The zero-order chi connectivity index (χ0) is 26.9. The molecule has 0 radical (unpaired) electrons. The minimum Gasteiger partial charge on any atom is -0.508 e. The van der Waals surface area contributed by atoms with E-state index in [0.29, 0.717) is 31.5 Å². The monoisotopic (exact) mass is 506 g/mol. The number of amides is 2. The number of phenols is 1. The molecule has 2 aromatic rings. The van der Waals surface area contributed by atoms with Gasteiger partial charge in [-0.2, -0.15) is 13.2 Å². The fraction of sp³-hybridized carbons (Fsp3) is 0.481. The maximum absolute atomic E-state index is 13.8. The molecule has 0 saturated carbocycles. The smallest absolute Gasteiger partial charge is 0.418 e. The number of phenolic OH excluding ortho intramolecular Hbond substituents is 1. The van der Waals surface area contributed by atoms with Gasteiger partial charge in [0.2, 0.25) is 5.91 Å². The van der Waals surface area contributed by atoms with E-state index in [9.17, 15) is 27.9 Å². The third-order valence-electron chi connectivity index (χ3n) is 6.47. The van der Waals surface area contributed by atoms with Gasteiger partial charge < -0.3 is 20.1 Å². The molecule has 2 N–H and O–H groups in total. The average Bonchev–Trinajstić information content (AvgIpc) is 3.11. The second-order valence-electron chi connectivity index (χ2n) is 9.78. The molecule has 1 saturated heterocycles. The third-order valence-corrected chi connectivity index (χ3v) is 6.47. The highest BCUT2D eigenvalue weighted by molar-refractivity contribution is 6.09. The summed E-state index contributed by atoms with van der Waals surface area (Å²) in [5, 5.41) is 12.3. The van der Waals surface area contributed by atoms with E-state index in [1.165, 1.54) is 18.2 Å². The highest BCUT2D eigenvalue weighted by Crippen LogP contribution is 2.53. The van der Waals surface area contributed by atoms with Gasteiger partial charge in [-0.1, -0.05) is 38.1 Å². The van der Waals surface area contributed by atoms with Crippen molar-refractivity contribution < 1.29 is 32.6 Å². The van der Waals surface area contributed by atoms with Crippen molar-refractivity contribution in [3.63, 3.8) is 0 Å². The van der Waals surface area contributed by atoms with Crippen LogP contribution in [0.4, 0.5) is 23.7 Å². The van der Waals surface area contributed by atoms with Crippen LogP contribution in [0.1, 0.15) is 64.2 Å². The van der Waals surface area contributed by atoms with Crippen molar-refractivity contribution in [1.82, 2.24) is 4.90 Å². The average molecular weight is 507 g/mol. The Balaban J connectivity index is 0.00000176. The lowest BCUT2D eigenvalue weighted by Gasteiger charge is -2.42. The molecular formula is C27H33F3N2O4. The molecule has 196 valence electrons. The summed E-state index contributed by atoms with van der Waals surface area (Å²) in [5.41, 5.74) is -2.41. The number of para-hydroxylation sites is 1. The first kappa shape index (κ1) is 27.4. The maximum Gasteiger partial charge on any atom is 0.418 e. The fourth-order valence-electron chi connectivity index (χ4n) is 5.06. The number of likely N-dealkylation sites (tertiary alicyclic amines) is 1. The predicted molar refractivity (Wildman–Crippen MR) is 131 cm³/mol. The number of hydrogen-bond acceptors (Lipinski definition) is 4. The molecule has 1 atom stereocenters. The van der Waals surface area contributed by atoms with E-state index in [2.05, 4.69) is 5.32 Å². The number of piperidine rings is 1. The van der Waals surface area contributed by atoms with E-state index in [1.54, 1.807) is 43.9 Å². The molecule has 0 aliphatic carbocycles. The van der Waals surface area contributed by atoms with Crippen molar-refractivity contribution in [2.24, 2.45) is 5.92 Å². The van der Waals surface area contributed by atoms with E-state index in [0.717, 1.165) is 6.07 Å². The Morgan fingerprint density at radius 1 is 1.06 bits per heavy atom. The summed E-state index contributed by atoms with van der Waals surface area (Å²) in [6.45, 7) is 9.93. The summed E-state index contributed by atoms with van der Waals surface area (Å²) >= 11 is 0. The zero-order valence-electron chi connectivity index (χ0n) is 21.2. The predicted octanol–water partition coefficient (Wildman–Crippen LogP) is 6.32. The van der Waals surface area contributed by atoms with Gasteiger partial charge in [0.15, 0.2) is 0 Å². The molecule has 6 nitrogen and oxygen atoms in total. The number of hydrogen-bond donors (Lipinski definition) is 2. The van der Waals surface area contributed by atoms with Crippen LogP contribution in [0.5, 0.6) is 5.75 Å². The number of alkyl halides is 3. The molecule has 2 aliphatic heterocycles. The summed E-state index contributed by atoms with van der Waals surface area (Å²) in [4.78, 5) is 27.7. The molecule has 9 heteroatoms. The summed E-state index contributed by atoms with van der Waals surface area (Å²) in [7, 11) is 0. The lowest BCUT2D eigenvalue weighted by molar-refractivity contribution is -0.136. The number of fused-ring (bicyclic) bond motifs is 1. The van der Waals surface area contributed by atoms with E-state index in [1.807, 2.05) is 13.8 Å². The molecule has 2 heterocycles. The van der Waals surface area contributed by atoms with Gasteiger partial charge in [-0.3, -0.25) is 4.79 Å². The normalized spacial score (nSPS) is 20.2. The Hall–Kier alpha value is -3.23. The first-order chi connectivity index (χ1) is 16.8. The molecule has 0 aromatic heterocycles. The third kappa shape index (κ3) is 5.01. The second-order valence-corrected chi connectivity index (χ2v) is 9.78. The van der Waals surface area contributed by atoms with Crippen LogP contribution in [0.3, 0.4) is 0 Å². The summed E-state index contributed by atoms with van der Waals surface area (Å²) < 4.78 is 46.7. The maximum atomic E-state index is 13.8. The molecule has 0 spiro atoms. The van der Waals surface area contributed by atoms with Crippen LogP contribution in [0.2, 0.25) is 0 Å². The van der Waals surface area contributed by atoms with Gasteiger partial charge in [-0.05, 0) is 68.9 Å². The molecule has 36 heavy (non-hydrogen) atoms. The molecule has 4 rings (SSSR count). The Morgan fingerprint density at radius 2 is 1.64 bits per heavy atom. The first-order valence-electron chi connectivity index (χ1n) is 12.1. The van der Waals surface area contributed by atoms with Gasteiger partial charge in [0, 0.05) is 13.1 Å². The molecule has 1 unspecified atom stereocenters. The molecule has 1 fully saturated rings. The number of benzene rings is 2. The number of nitrogens with one attached hydrogen (secondary N) is 1. The van der Waals surface area contributed by atoms with Crippen molar-refractivity contribution >= 4 is 17.7 Å². The SMILES string of the molecule is CC.CC(C)(C)OC(=O)N1CCC(C2(c3ccc(O)cc3)C(=O)Nc3c(C(F)(F)F)cccc32)CC1. The number of carbonyl (C=O) groups excluding carboxylic acids is 2. The molecular weight excluding hydrogens is 473 g/mol. The molecule has 2 aromatic carbocycles. The van der Waals surface area contributed by atoms with Gasteiger partial charge >= 0.3 is 12.3 Å². The summed E-state index contributed by atoms with van der Waals surface area (Å²) in [6, 6.07) is 9.81. The van der Waals surface area contributed by atoms with Crippen LogP contribution in [0.15, 0.2) is 42.5 Å². The lowest BCUT2D eigenvalue weighted by Crippen LogP contribution is -2.49. The molecule has 0 bridgehead atoms. The number of aromatic hydroxyl groups is 1. The Labute approximate surface area is 209 Å². The minimum absolute atomic E-state index is 0.0127. The highest BCUT2D eigenvalue weighted by atomic mass is 19.4. The van der Waals surface area contributed by atoms with Crippen LogP contribution in [0, 0.1) is 5.92 Å². The molecule has 2 amide bonds. The Kier molecular flexibility index (Phi) is 7.62. The zero-order valence-corrected chi connectivity index (χ0v) is 21.2. The van der Waals surface area contributed by atoms with E-state index >= 15 is 0 Å². The van der Waals surface area contributed by atoms with Crippen molar-refractivity contribution in [3.8, 4) is 5.75 Å². The fourth-order valence-corrected chi connectivity index (χ4v) is 5.06. The van der Waals surface area contributed by atoms with Crippen molar-refractivity contribution in [3.05, 3.63) is 59.2 Å². The number of ether oxygens (including phenoxy) is 1. The van der Waals surface area contributed by atoms with Gasteiger partial charge in [-0.15, -0.1) is 0 Å². The van der Waals surface area contributed by atoms with Crippen LogP contribution in [-0.4, -0.2) is 40.7 Å². The topological polar surface area (TPSA) is 78.9 Å². The number of nitrogens with zero attached hydrogens (tertiary/aromatic N) is 1. The van der Waals surface area contributed by atoms with Crippen LogP contribution < -0.4 is 5.32 Å². The number of anilines is 1. The van der Waals surface area contributed by atoms with Gasteiger partial charge in [0.25, 0.3) is 0 Å². The first-order valence-corrected chi connectivity index (χ1v) is 12.1. The standard InChI is InChI=1S/C25H27F3N2O4.C2H6/c1-23(2,3)34-22(33)30-13-11-16(12-14-30)24(15-7-9-17(31)10-8-15)18-5-4-6-19(25(26,27)28)20(18)29-21(24)32;1-2/h4-10,16,31H,11-14H2,1-3H3,(H,29,32);1-2H3. The largest absolute Gasteiger partial charge is 0.508 e. The summed E-state index contributed by atoms with van der Waals surface area (Å²) in [6.07, 6.45) is -4.31. The Morgan fingerprint density at radius 3 is 2.17 bits per heavy atom. The van der Waals surface area contributed by atoms with Crippen molar-refractivity contribution in [1.29, 1.82) is 0 Å². The van der Waals surface area contributed by atoms with E-state index in [4.69, 9.17) is 4.74 Å². The van der Waals surface area contributed by atoms with Crippen molar-refractivity contribution in [2.75, 3.05) is 18.4 Å². The Bertz CT molecular complexity index is 1100. The van der Waals surface area contributed by atoms with Gasteiger partial charge in [0.1, 0.15) is 16.8 Å². The number of rotatable bonds is 2. The van der Waals surface area contributed by atoms with E-state index in [-0.39, 0.29) is 22.9 Å². The number of halogens is 3. The number of carbonyl (C=O) groups is 2. The van der Waals surface area contributed by atoms with Gasteiger partial charge in [-0.25, -0.2) is 4.79 Å². The second kappa shape index (κ2) is 10.0. The molecule has 2 aliphatic rings. The van der Waals surface area contributed by atoms with Crippen LogP contribution >= 0.6 is 0 Å². The van der Waals surface area contributed by atoms with Crippen LogP contribution in [0.25, 0.3) is 0 Å². The minimum atomic E-state index is -4.64. The van der Waals surface area contributed by atoms with Crippen molar-refractivity contribution in [2.45, 2.75) is 64.7 Å². The summed E-state index contributed by atoms with van der Waals surface area (Å²) in [5.74, 6) is -0.928.